The fraction of sp³-hybridized carbons (Fsp3) is 0.438. The predicted molar refractivity (Wildman–Crippen MR) is 77.8 cm³/mol. The van der Waals surface area contributed by atoms with Crippen LogP contribution < -0.4 is 0 Å². The average Bonchev–Trinajstić information content (AvgIpc) is 3.50. The molecule has 24 heavy (non-hydrogen) atoms. The molecule has 2 saturated heterocycles. The van der Waals surface area contributed by atoms with Crippen molar-refractivity contribution >= 4 is 17.9 Å². The first-order chi connectivity index (χ1) is 11.6. The van der Waals surface area contributed by atoms with Gasteiger partial charge in [-0.15, -0.1) is 0 Å². The highest BCUT2D eigenvalue weighted by Gasteiger charge is 2.28. The fourth-order valence-corrected chi connectivity index (χ4v) is 1.95. The van der Waals surface area contributed by atoms with Gasteiger partial charge in [-0.2, -0.15) is 0 Å². The van der Waals surface area contributed by atoms with E-state index < -0.39 is 17.9 Å². The highest BCUT2D eigenvalue weighted by Crippen LogP contribution is 2.18. The number of carbonyl (C=O) groups is 3. The van der Waals surface area contributed by atoms with Crippen molar-refractivity contribution in [1.29, 1.82) is 0 Å². The van der Waals surface area contributed by atoms with Gasteiger partial charge in [0.05, 0.1) is 37.0 Å². The predicted octanol–water partition coefficient (Wildman–Crippen LogP) is 0.584. The Hall–Kier alpha value is -2.45. The maximum absolute atomic E-state index is 12.1. The van der Waals surface area contributed by atoms with Crippen LogP contribution in [-0.2, 0) is 23.7 Å². The molecule has 8 nitrogen and oxygen atoms in total. The summed E-state index contributed by atoms with van der Waals surface area (Å²) in [5.41, 5.74) is 0.0963. The lowest BCUT2D eigenvalue weighted by molar-refractivity contribution is 0.0454. The standard InChI is InChI=1S/C16H16O8/c1-20-15(18)13-4-9(14(17)23-7-10-5-21-10)2-3-12(13)16(19)24-8-11-6-22-11/h2-4,10-11H,5-8H2,1H3. The summed E-state index contributed by atoms with van der Waals surface area (Å²) < 4.78 is 24.7. The quantitative estimate of drug-likeness (QED) is 0.405. The second-order valence-corrected chi connectivity index (χ2v) is 5.36. The second-order valence-electron chi connectivity index (χ2n) is 5.36. The Kier molecular flexibility index (Phi) is 4.77. The topological polar surface area (TPSA) is 104 Å². The highest BCUT2D eigenvalue weighted by molar-refractivity contribution is 6.05. The molecular weight excluding hydrogens is 320 g/mol. The summed E-state index contributed by atoms with van der Waals surface area (Å²) in [5, 5.41) is 0. The number of rotatable bonds is 7. The molecule has 128 valence electrons. The van der Waals surface area contributed by atoms with Crippen LogP contribution in [0.25, 0.3) is 0 Å². The fourth-order valence-electron chi connectivity index (χ4n) is 1.95. The second kappa shape index (κ2) is 6.98. The molecule has 3 rings (SSSR count). The Morgan fingerprint density at radius 2 is 1.54 bits per heavy atom. The van der Waals surface area contributed by atoms with Crippen molar-refractivity contribution in [3.8, 4) is 0 Å². The van der Waals surface area contributed by atoms with Gasteiger partial charge in [-0.05, 0) is 18.2 Å². The number of hydrogen-bond acceptors (Lipinski definition) is 8. The lowest BCUT2D eigenvalue weighted by Crippen LogP contribution is -2.17. The number of epoxide rings is 2. The number of carbonyl (C=O) groups excluding carboxylic acids is 3. The molecular formula is C16H16O8. The number of benzene rings is 1. The first-order valence-electron chi connectivity index (χ1n) is 7.38. The third-order valence-electron chi connectivity index (χ3n) is 3.49. The van der Waals surface area contributed by atoms with Crippen molar-refractivity contribution in [3.63, 3.8) is 0 Å². The van der Waals surface area contributed by atoms with Crippen LogP contribution in [0.4, 0.5) is 0 Å². The van der Waals surface area contributed by atoms with E-state index in [1.807, 2.05) is 0 Å². The van der Waals surface area contributed by atoms with Crippen molar-refractivity contribution in [2.24, 2.45) is 0 Å². The van der Waals surface area contributed by atoms with Gasteiger partial charge in [-0.1, -0.05) is 0 Å². The number of esters is 3. The summed E-state index contributed by atoms with van der Waals surface area (Å²) in [6.45, 7) is 1.38. The zero-order valence-corrected chi connectivity index (χ0v) is 13.0. The summed E-state index contributed by atoms with van der Waals surface area (Å²) in [5.74, 6) is -2.04. The number of hydrogen-bond donors (Lipinski definition) is 0. The summed E-state index contributed by atoms with van der Waals surface area (Å²) in [6, 6.07) is 3.99. The van der Waals surface area contributed by atoms with Gasteiger partial charge < -0.3 is 23.7 Å². The first kappa shape index (κ1) is 16.4. The Labute approximate surface area is 137 Å². The summed E-state index contributed by atoms with van der Waals surface area (Å²) >= 11 is 0. The number of ether oxygens (including phenoxy) is 5. The molecule has 2 aliphatic rings. The van der Waals surface area contributed by atoms with Crippen LogP contribution in [0.2, 0.25) is 0 Å². The van der Waals surface area contributed by atoms with E-state index in [9.17, 15) is 14.4 Å². The summed E-state index contributed by atoms with van der Waals surface area (Å²) in [4.78, 5) is 36.0. The van der Waals surface area contributed by atoms with Crippen molar-refractivity contribution in [1.82, 2.24) is 0 Å². The molecule has 2 aliphatic heterocycles. The molecule has 8 heteroatoms. The largest absolute Gasteiger partial charge is 0.465 e. The van der Waals surface area contributed by atoms with Gasteiger partial charge in [0.25, 0.3) is 0 Å². The maximum atomic E-state index is 12.1. The molecule has 0 amide bonds. The van der Waals surface area contributed by atoms with E-state index in [-0.39, 0.29) is 42.1 Å². The molecule has 2 unspecified atom stereocenters. The van der Waals surface area contributed by atoms with Crippen molar-refractivity contribution in [2.45, 2.75) is 12.2 Å². The van der Waals surface area contributed by atoms with Crippen LogP contribution in [0, 0.1) is 0 Å². The van der Waals surface area contributed by atoms with Gasteiger partial charge >= 0.3 is 17.9 Å². The normalized spacial score (nSPS) is 20.9. The van der Waals surface area contributed by atoms with Gasteiger partial charge in [0.1, 0.15) is 25.4 Å². The van der Waals surface area contributed by atoms with Crippen molar-refractivity contribution in [2.75, 3.05) is 33.5 Å². The Balaban J connectivity index is 1.75. The third kappa shape index (κ3) is 4.09. The van der Waals surface area contributed by atoms with E-state index in [2.05, 4.69) is 4.74 Å². The molecule has 0 bridgehead atoms. The lowest BCUT2D eigenvalue weighted by atomic mass is 10.0. The minimum Gasteiger partial charge on any atom is -0.465 e. The Morgan fingerprint density at radius 3 is 2.08 bits per heavy atom. The Bertz CT molecular complexity index is 660. The van der Waals surface area contributed by atoms with Crippen LogP contribution in [0.3, 0.4) is 0 Å². The molecule has 0 aliphatic carbocycles. The molecule has 0 radical (unpaired) electrons. The van der Waals surface area contributed by atoms with Gasteiger partial charge in [0, 0.05) is 0 Å². The monoisotopic (exact) mass is 336 g/mol. The molecule has 2 atom stereocenters. The zero-order valence-electron chi connectivity index (χ0n) is 13.0. The minimum absolute atomic E-state index is 0.0181. The maximum Gasteiger partial charge on any atom is 0.339 e. The van der Waals surface area contributed by atoms with Crippen LogP contribution in [0.5, 0.6) is 0 Å². The van der Waals surface area contributed by atoms with E-state index in [1.165, 1.54) is 25.3 Å². The lowest BCUT2D eigenvalue weighted by Gasteiger charge is -2.10. The van der Waals surface area contributed by atoms with E-state index >= 15 is 0 Å². The van der Waals surface area contributed by atoms with Crippen LogP contribution in [0.15, 0.2) is 18.2 Å². The number of methoxy groups -OCH3 is 1. The molecule has 0 spiro atoms. The van der Waals surface area contributed by atoms with E-state index in [0.717, 1.165) is 0 Å². The summed E-state index contributed by atoms with van der Waals surface area (Å²) in [6.07, 6.45) is -0.151. The van der Waals surface area contributed by atoms with E-state index in [1.54, 1.807) is 0 Å². The third-order valence-corrected chi connectivity index (χ3v) is 3.49. The molecule has 1 aromatic rings. The van der Waals surface area contributed by atoms with Gasteiger partial charge in [0.15, 0.2) is 0 Å². The minimum atomic E-state index is -0.746. The van der Waals surface area contributed by atoms with Crippen molar-refractivity contribution in [3.05, 3.63) is 34.9 Å². The van der Waals surface area contributed by atoms with E-state index in [4.69, 9.17) is 18.9 Å². The highest BCUT2D eigenvalue weighted by atomic mass is 16.6. The van der Waals surface area contributed by atoms with E-state index in [0.29, 0.717) is 13.2 Å². The molecule has 0 N–H and O–H groups in total. The van der Waals surface area contributed by atoms with Crippen LogP contribution in [0.1, 0.15) is 31.1 Å². The molecule has 0 aromatic heterocycles. The van der Waals surface area contributed by atoms with Gasteiger partial charge in [0.2, 0.25) is 0 Å². The molecule has 0 saturated carbocycles. The average molecular weight is 336 g/mol. The van der Waals surface area contributed by atoms with Crippen LogP contribution >= 0.6 is 0 Å². The van der Waals surface area contributed by atoms with Crippen molar-refractivity contribution < 1.29 is 38.1 Å². The van der Waals surface area contributed by atoms with Gasteiger partial charge in [-0.3, -0.25) is 0 Å². The smallest absolute Gasteiger partial charge is 0.339 e. The Morgan fingerprint density at radius 1 is 0.958 bits per heavy atom. The summed E-state index contributed by atoms with van der Waals surface area (Å²) in [7, 11) is 1.19. The first-order valence-corrected chi connectivity index (χ1v) is 7.38. The molecule has 2 heterocycles. The molecule has 2 fully saturated rings. The van der Waals surface area contributed by atoms with Gasteiger partial charge in [-0.25, -0.2) is 14.4 Å². The molecule has 1 aromatic carbocycles. The zero-order chi connectivity index (χ0) is 17.1. The van der Waals surface area contributed by atoms with Crippen LogP contribution in [-0.4, -0.2) is 63.7 Å². The SMILES string of the molecule is COC(=O)c1cc(C(=O)OCC2CO2)ccc1C(=O)OCC1CO1.